The monoisotopic (exact) mass is 315 g/mol. The summed E-state index contributed by atoms with van der Waals surface area (Å²) in [6.07, 6.45) is 0. The smallest absolute Gasteiger partial charge is 0.182 e. The third-order valence-electron chi connectivity index (χ3n) is 3.45. The van der Waals surface area contributed by atoms with Crippen molar-refractivity contribution in [3.05, 3.63) is 51.2 Å². The number of hydrogen-bond acceptors (Lipinski definition) is 4. The van der Waals surface area contributed by atoms with Gasteiger partial charge in [-0.25, -0.2) is 4.99 Å². The summed E-state index contributed by atoms with van der Waals surface area (Å²) in [4.78, 5) is 7.22. The normalized spacial score (nSPS) is 16.7. The van der Waals surface area contributed by atoms with Crippen LogP contribution in [0.25, 0.3) is 0 Å². The van der Waals surface area contributed by atoms with Crippen molar-refractivity contribution in [3.63, 3.8) is 0 Å². The van der Waals surface area contributed by atoms with Gasteiger partial charge in [0.15, 0.2) is 5.17 Å². The summed E-state index contributed by atoms with van der Waals surface area (Å²) in [5.41, 5.74) is 7.66. The van der Waals surface area contributed by atoms with Crippen molar-refractivity contribution >= 4 is 39.7 Å². The van der Waals surface area contributed by atoms with Gasteiger partial charge in [-0.1, -0.05) is 23.9 Å². The fraction of sp³-hybridized carbons (Fsp3) is 0.250. The topological polar surface area (TPSA) is 36.8 Å². The van der Waals surface area contributed by atoms with Crippen LogP contribution in [0.15, 0.2) is 40.4 Å². The summed E-state index contributed by atoms with van der Waals surface area (Å²) in [5.74, 6) is 0.858. The van der Waals surface area contributed by atoms with E-state index in [4.69, 9.17) is 0 Å². The summed E-state index contributed by atoms with van der Waals surface area (Å²) >= 11 is 3.48. The van der Waals surface area contributed by atoms with E-state index < -0.39 is 0 Å². The Bertz CT molecular complexity index is 729. The van der Waals surface area contributed by atoms with Gasteiger partial charge in [0.1, 0.15) is 0 Å². The van der Waals surface area contributed by atoms with E-state index in [2.05, 4.69) is 54.5 Å². The number of nitrogens with zero attached hydrogens (tertiary/aromatic N) is 2. The summed E-state index contributed by atoms with van der Waals surface area (Å²) in [5, 5.41) is 5.33. The molecule has 2 heterocycles. The lowest BCUT2D eigenvalue weighted by atomic mass is 10.1. The van der Waals surface area contributed by atoms with E-state index in [9.17, 15) is 0 Å². The fourth-order valence-electron chi connectivity index (χ4n) is 2.06. The molecule has 1 aromatic carbocycles. The number of nitrogens with one attached hydrogen (secondary N) is 1. The molecule has 1 aliphatic heterocycles. The number of benzene rings is 1. The first-order chi connectivity index (χ1) is 10.1. The van der Waals surface area contributed by atoms with Crippen molar-refractivity contribution in [3.8, 4) is 0 Å². The van der Waals surface area contributed by atoms with Crippen molar-refractivity contribution in [1.82, 2.24) is 5.43 Å². The first-order valence-electron chi connectivity index (χ1n) is 6.80. The predicted octanol–water partition coefficient (Wildman–Crippen LogP) is 4.40. The maximum Gasteiger partial charge on any atom is 0.182 e. The molecule has 0 fully saturated rings. The maximum absolute atomic E-state index is 4.68. The van der Waals surface area contributed by atoms with Gasteiger partial charge in [-0.05, 0) is 50.1 Å². The van der Waals surface area contributed by atoms with Gasteiger partial charge in [-0.2, -0.15) is 5.10 Å². The molecule has 5 heteroatoms. The summed E-state index contributed by atoms with van der Waals surface area (Å²) in [6.45, 7) is 6.33. The number of hydrogen-bond donors (Lipinski definition) is 1. The summed E-state index contributed by atoms with van der Waals surface area (Å²) in [6, 6.07) is 10.5. The van der Waals surface area contributed by atoms with Gasteiger partial charge < -0.3 is 0 Å². The molecule has 0 amide bonds. The SMILES string of the molecule is Cc1ccc(C2=NNC(=Nc3cccc(C)c3C)SC2)s1. The molecule has 1 aliphatic rings. The minimum absolute atomic E-state index is 0.858. The number of hydrazone groups is 1. The molecule has 1 aromatic heterocycles. The van der Waals surface area contributed by atoms with Crippen molar-refractivity contribution in [2.75, 3.05) is 5.75 Å². The Hall–Kier alpha value is -1.59. The highest BCUT2D eigenvalue weighted by Crippen LogP contribution is 2.25. The van der Waals surface area contributed by atoms with Crippen molar-refractivity contribution in [2.24, 2.45) is 10.1 Å². The van der Waals surface area contributed by atoms with Crippen LogP contribution in [0, 0.1) is 20.8 Å². The van der Waals surface area contributed by atoms with E-state index in [0.29, 0.717) is 0 Å². The molecule has 2 aromatic rings. The molecule has 3 rings (SSSR count). The molecule has 0 saturated heterocycles. The third kappa shape index (κ3) is 3.19. The number of thioether (sulfide) groups is 1. The minimum atomic E-state index is 0.858. The number of aliphatic imine (C=N–C) groups is 1. The number of rotatable bonds is 2. The highest BCUT2D eigenvalue weighted by atomic mass is 32.2. The Morgan fingerprint density at radius 1 is 1.14 bits per heavy atom. The largest absolute Gasteiger partial charge is 0.255 e. The second kappa shape index (κ2) is 6.03. The number of aryl methyl sites for hydroxylation is 2. The Labute approximate surface area is 133 Å². The number of thiophene rings is 1. The second-order valence-corrected chi connectivity index (χ2v) is 7.26. The first kappa shape index (κ1) is 14.4. The van der Waals surface area contributed by atoms with Crippen molar-refractivity contribution < 1.29 is 0 Å². The Morgan fingerprint density at radius 2 is 2.00 bits per heavy atom. The zero-order valence-corrected chi connectivity index (χ0v) is 13.9. The molecule has 1 N–H and O–H groups in total. The second-order valence-electron chi connectivity index (χ2n) is 5.01. The lowest BCUT2D eigenvalue weighted by Crippen LogP contribution is -2.24. The molecule has 3 nitrogen and oxygen atoms in total. The average molecular weight is 315 g/mol. The zero-order chi connectivity index (χ0) is 14.8. The van der Waals surface area contributed by atoms with Crippen LogP contribution in [0.5, 0.6) is 0 Å². The molecular formula is C16H17N3S2. The fourth-order valence-corrected chi connectivity index (χ4v) is 3.77. The average Bonchev–Trinajstić information content (AvgIpc) is 2.91. The molecule has 21 heavy (non-hydrogen) atoms. The van der Waals surface area contributed by atoms with Crippen LogP contribution in [-0.4, -0.2) is 16.6 Å². The molecule has 0 atom stereocenters. The highest BCUT2D eigenvalue weighted by molar-refractivity contribution is 8.14. The molecule has 0 saturated carbocycles. The van der Waals surface area contributed by atoms with Crippen LogP contribution < -0.4 is 5.43 Å². The molecule has 0 bridgehead atoms. The maximum atomic E-state index is 4.68. The quantitative estimate of drug-likeness (QED) is 0.891. The van der Waals surface area contributed by atoms with Crippen molar-refractivity contribution in [1.29, 1.82) is 0 Å². The van der Waals surface area contributed by atoms with Gasteiger partial charge in [-0.15, -0.1) is 11.3 Å². The van der Waals surface area contributed by atoms with E-state index in [0.717, 1.165) is 22.3 Å². The molecule has 0 radical (unpaired) electrons. The van der Waals surface area contributed by atoms with Gasteiger partial charge in [0.2, 0.25) is 0 Å². The van der Waals surface area contributed by atoms with Crippen LogP contribution in [-0.2, 0) is 0 Å². The van der Waals surface area contributed by atoms with Gasteiger partial charge in [0.25, 0.3) is 0 Å². The molecule has 108 valence electrons. The van der Waals surface area contributed by atoms with E-state index in [1.165, 1.54) is 20.9 Å². The Balaban J connectivity index is 1.80. The zero-order valence-electron chi connectivity index (χ0n) is 12.3. The molecule has 0 spiro atoms. The van der Waals surface area contributed by atoms with Gasteiger partial charge in [0, 0.05) is 10.6 Å². The van der Waals surface area contributed by atoms with E-state index in [1.54, 1.807) is 23.1 Å². The summed E-state index contributed by atoms with van der Waals surface area (Å²) < 4.78 is 0. The van der Waals surface area contributed by atoms with Crippen LogP contribution in [0.4, 0.5) is 5.69 Å². The predicted molar refractivity (Wildman–Crippen MR) is 94.2 cm³/mol. The van der Waals surface area contributed by atoms with E-state index in [1.807, 2.05) is 12.1 Å². The van der Waals surface area contributed by atoms with Crippen LogP contribution >= 0.6 is 23.1 Å². The van der Waals surface area contributed by atoms with Gasteiger partial charge in [-0.3, -0.25) is 5.43 Å². The minimum Gasteiger partial charge on any atom is -0.255 e. The Kier molecular flexibility index (Phi) is 4.12. The van der Waals surface area contributed by atoms with Crippen LogP contribution in [0.2, 0.25) is 0 Å². The standard InChI is InChI=1S/C16H17N3S2/c1-10-5-4-6-13(12(10)3)17-16-19-18-14(9-20-16)15-8-7-11(2)21-15/h4-8H,9H2,1-3H3,(H,17,19). The van der Waals surface area contributed by atoms with Gasteiger partial charge in [0.05, 0.1) is 16.3 Å². The van der Waals surface area contributed by atoms with Gasteiger partial charge >= 0.3 is 0 Å². The molecule has 0 aliphatic carbocycles. The van der Waals surface area contributed by atoms with Crippen LogP contribution in [0.1, 0.15) is 20.9 Å². The Morgan fingerprint density at radius 3 is 2.67 bits per heavy atom. The highest BCUT2D eigenvalue weighted by Gasteiger charge is 2.14. The van der Waals surface area contributed by atoms with E-state index >= 15 is 0 Å². The lowest BCUT2D eigenvalue weighted by Gasteiger charge is -2.14. The third-order valence-corrected chi connectivity index (χ3v) is 5.38. The number of amidine groups is 1. The summed E-state index contributed by atoms with van der Waals surface area (Å²) in [7, 11) is 0. The molecule has 0 unspecified atom stereocenters. The first-order valence-corrected chi connectivity index (χ1v) is 8.61. The van der Waals surface area contributed by atoms with Crippen LogP contribution in [0.3, 0.4) is 0 Å². The lowest BCUT2D eigenvalue weighted by molar-refractivity contribution is 1.03. The van der Waals surface area contributed by atoms with Crippen molar-refractivity contribution in [2.45, 2.75) is 20.8 Å². The molecular weight excluding hydrogens is 298 g/mol. The van der Waals surface area contributed by atoms with E-state index in [-0.39, 0.29) is 0 Å².